The lowest BCUT2D eigenvalue weighted by Gasteiger charge is -2.35. The highest BCUT2D eigenvalue weighted by atomic mass is 16.5. The van der Waals surface area contributed by atoms with Gasteiger partial charge in [0.25, 0.3) is 0 Å². The molecule has 3 rings (SSSR count). The first-order chi connectivity index (χ1) is 11.7. The Kier molecular flexibility index (Phi) is 5.28. The molecule has 2 aliphatic rings. The van der Waals surface area contributed by atoms with Crippen LogP contribution in [0.1, 0.15) is 24.8 Å². The van der Waals surface area contributed by atoms with Crippen LogP contribution in [0.3, 0.4) is 0 Å². The van der Waals surface area contributed by atoms with Crippen LogP contribution in [0.15, 0.2) is 18.3 Å². The van der Waals surface area contributed by atoms with E-state index in [0.717, 1.165) is 31.7 Å². The molecule has 2 saturated heterocycles. The molecule has 2 atom stereocenters. The van der Waals surface area contributed by atoms with Gasteiger partial charge in [0, 0.05) is 38.9 Å². The lowest BCUT2D eigenvalue weighted by Crippen LogP contribution is -2.49. The van der Waals surface area contributed by atoms with Gasteiger partial charge >= 0.3 is 0 Å². The summed E-state index contributed by atoms with van der Waals surface area (Å²) in [7, 11) is 0. The maximum atomic E-state index is 12.4. The zero-order valence-electron chi connectivity index (χ0n) is 13.7. The minimum absolute atomic E-state index is 0.0178. The maximum absolute atomic E-state index is 12.4. The van der Waals surface area contributed by atoms with Crippen molar-refractivity contribution in [3.8, 4) is 6.07 Å². The second-order valence-corrected chi connectivity index (χ2v) is 6.28. The molecule has 0 aliphatic carbocycles. The summed E-state index contributed by atoms with van der Waals surface area (Å²) in [6, 6.07) is 5.69. The molecule has 7 nitrogen and oxygen atoms in total. The molecule has 2 fully saturated rings. The third kappa shape index (κ3) is 3.83. The molecule has 2 N–H and O–H groups in total. The molecule has 0 bridgehead atoms. The molecular weight excluding hydrogens is 306 g/mol. The fourth-order valence-electron chi connectivity index (χ4n) is 3.25. The number of hydrogen-bond donors (Lipinski definition) is 1. The lowest BCUT2D eigenvalue weighted by molar-refractivity contribution is -0.134. The van der Waals surface area contributed by atoms with E-state index in [4.69, 9.17) is 15.7 Å². The molecule has 2 aliphatic heterocycles. The second kappa shape index (κ2) is 7.60. The predicted octanol–water partition coefficient (Wildman–Crippen LogP) is 0.498. The molecular formula is C17H23N5O2. The number of pyridine rings is 1. The Bertz CT molecular complexity index is 604. The third-order valence-electron chi connectivity index (χ3n) is 4.69. The number of ether oxygens (including phenoxy) is 1. The first-order valence-electron chi connectivity index (χ1n) is 8.44. The Morgan fingerprint density at radius 2 is 2.04 bits per heavy atom. The van der Waals surface area contributed by atoms with Crippen molar-refractivity contribution in [1.29, 1.82) is 5.26 Å². The van der Waals surface area contributed by atoms with Crippen LogP contribution in [0.5, 0.6) is 0 Å². The highest BCUT2D eigenvalue weighted by molar-refractivity contribution is 5.77. The van der Waals surface area contributed by atoms with Gasteiger partial charge in [-0.2, -0.15) is 5.26 Å². The van der Waals surface area contributed by atoms with E-state index < -0.39 is 0 Å². The fraction of sp³-hybridized carbons (Fsp3) is 0.588. The number of piperazine rings is 1. The largest absolute Gasteiger partial charge is 0.373 e. The van der Waals surface area contributed by atoms with Gasteiger partial charge in [-0.05, 0) is 25.0 Å². The summed E-state index contributed by atoms with van der Waals surface area (Å²) in [6.07, 6.45) is 4.03. The van der Waals surface area contributed by atoms with E-state index in [-0.39, 0.29) is 18.1 Å². The molecule has 24 heavy (non-hydrogen) atoms. The van der Waals surface area contributed by atoms with Gasteiger partial charge in [-0.25, -0.2) is 4.98 Å². The first-order valence-corrected chi connectivity index (χ1v) is 8.44. The van der Waals surface area contributed by atoms with Gasteiger partial charge in [0.1, 0.15) is 11.9 Å². The minimum Gasteiger partial charge on any atom is -0.373 e. The topological polar surface area (TPSA) is 95.5 Å². The molecule has 0 aromatic carbocycles. The van der Waals surface area contributed by atoms with Crippen molar-refractivity contribution in [2.75, 3.05) is 37.6 Å². The summed E-state index contributed by atoms with van der Waals surface area (Å²) in [5.74, 6) is 1.01. The summed E-state index contributed by atoms with van der Waals surface area (Å²) in [6.45, 7) is 3.41. The quantitative estimate of drug-likeness (QED) is 0.864. The SMILES string of the molecule is N#Cc1ccc(N2CCN(C(=O)CC3CCC(CN)O3)CC2)nc1. The van der Waals surface area contributed by atoms with E-state index in [1.54, 1.807) is 12.3 Å². The maximum Gasteiger partial charge on any atom is 0.225 e. The van der Waals surface area contributed by atoms with Crippen LogP contribution in [-0.4, -0.2) is 60.7 Å². The number of rotatable bonds is 4. The average molecular weight is 329 g/mol. The highest BCUT2D eigenvalue weighted by Gasteiger charge is 2.29. The van der Waals surface area contributed by atoms with Crippen LogP contribution >= 0.6 is 0 Å². The van der Waals surface area contributed by atoms with E-state index in [9.17, 15) is 4.79 Å². The lowest BCUT2D eigenvalue weighted by atomic mass is 10.1. The molecule has 1 amide bonds. The Morgan fingerprint density at radius 3 is 2.62 bits per heavy atom. The summed E-state index contributed by atoms with van der Waals surface area (Å²) in [5, 5.41) is 8.82. The Labute approximate surface area is 142 Å². The van der Waals surface area contributed by atoms with Gasteiger partial charge in [0.05, 0.1) is 24.2 Å². The van der Waals surface area contributed by atoms with Crippen molar-refractivity contribution >= 4 is 11.7 Å². The number of carbonyl (C=O) groups is 1. The van der Waals surface area contributed by atoms with Crippen molar-refractivity contribution in [1.82, 2.24) is 9.88 Å². The standard InChI is InChI=1S/C17H23N5O2/c18-10-13-1-4-16(20-12-13)21-5-7-22(8-6-21)17(23)9-14-2-3-15(11-19)24-14/h1,4,12,14-15H,2-3,5-9,11,19H2. The van der Waals surface area contributed by atoms with Gasteiger partial charge in [0.15, 0.2) is 0 Å². The van der Waals surface area contributed by atoms with Gasteiger partial charge in [-0.1, -0.05) is 0 Å². The summed E-state index contributed by atoms with van der Waals surface area (Å²) in [4.78, 5) is 20.8. The van der Waals surface area contributed by atoms with E-state index in [1.807, 2.05) is 11.0 Å². The van der Waals surface area contributed by atoms with Crippen LogP contribution in [0.4, 0.5) is 5.82 Å². The number of amides is 1. The number of carbonyl (C=O) groups excluding carboxylic acids is 1. The Morgan fingerprint density at radius 1 is 1.29 bits per heavy atom. The number of hydrogen-bond acceptors (Lipinski definition) is 6. The molecule has 128 valence electrons. The van der Waals surface area contributed by atoms with Crippen molar-refractivity contribution in [3.05, 3.63) is 23.9 Å². The van der Waals surface area contributed by atoms with E-state index >= 15 is 0 Å². The summed E-state index contributed by atoms with van der Waals surface area (Å²) in [5.41, 5.74) is 6.16. The number of anilines is 1. The third-order valence-corrected chi connectivity index (χ3v) is 4.69. The van der Waals surface area contributed by atoms with Gasteiger partial charge in [-0.3, -0.25) is 4.79 Å². The molecule has 3 heterocycles. The van der Waals surface area contributed by atoms with Gasteiger partial charge < -0.3 is 20.3 Å². The molecule has 0 spiro atoms. The van der Waals surface area contributed by atoms with E-state index in [0.29, 0.717) is 31.6 Å². The molecule has 1 aromatic rings. The van der Waals surface area contributed by atoms with Crippen LogP contribution in [0, 0.1) is 11.3 Å². The zero-order valence-corrected chi connectivity index (χ0v) is 13.7. The normalized spacial score (nSPS) is 24.0. The number of aromatic nitrogens is 1. The van der Waals surface area contributed by atoms with Crippen molar-refractivity contribution < 1.29 is 9.53 Å². The zero-order chi connectivity index (χ0) is 16.9. The van der Waals surface area contributed by atoms with Crippen molar-refractivity contribution in [3.63, 3.8) is 0 Å². The number of nitrogens with two attached hydrogens (primary N) is 1. The van der Waals surface area contributed by atoms with Gasteiger partial charge in [0.2, 0.25) is 5.91 Å². The predicted molar refractivity (Wildman–Crippen MR) is 89.3 cm³/mol. The smallest absolute Gasteiger partial charge is 0.225 e. The molecule has 0 saturated carbocycles. The van der Waals surface area contributed by atoms with Crippen LogP contribution < -0.4 is 10.6 Å². The van der Waals surface area contributed by atoms with Crippen LogP contribution in [0.2, 0.25) is 0 Å². The average Bonchev–Trinajstić information content (AvgIpc) is 3.09. The van der Waals surface area contributed by atoms with Crippen molar-refractivity contribution in [2.24, 2.45) is 5.73 Å². The molecule has 1 aromatic heterocycles. The van der Waals surface area contributed by atoms with E-state index in [1.165, 1.54) is 0 Å². The first kappa shape index (κ1) is 16.7. The number of nitrogens with zero attached hydrogens (tertiary/aromatic N) is 4. The molecule has 0 radical (unpaired) electrons. The number of nitriles is 1. The van der Waals surface area contributed by atoms with Crippen LogP contribution in [0.25, 0.3) is 0 Å². The Hall–Kier alpha value is -2.17. The van der Waals surface area contributed by atoms with Gasteiger partial charge in [-0.15, -0.1) is 0 Å². The van der Waals surface area contributed by atoms with E-state index in [2.05, 4.69) is 16.0 Å². The fourth-order valence-corrected chi connectivity index (χ4v) is 3.25. The monoisotopic (exact) mass is 329 g/mol. The highest BCUT2D eigenvalue weighted by Crippen LogP contribution is 2.22. The molecule has 7 heteroatoms. The molecule has 2 unspecified atom stereocenters. The second-order valence-electron chi connectivity index (χ2n) is 6.28. The van der Waals surface area contributed by atoms with Crippen LogP contribution in [-0.2, 0) is 9.53 Å². The Balaban J connectivity index is 1.47. The van der Waals surface area contributed by atoms with Crippen molar-refractivity contribution in [2.45, 2.75) is 31.5 Å². The summed E-state index contributed by atoms with van der Waals surface area (Å²) < 4.78 is 5.77. The summed E-state index contributed by atoms with van der Waals surface area (Å²) >= 11 is 0. The minimum atomic E-state index is 0.0178.